The molecule has 11 heteroatoms. The van der Waals surface area contributed by atoms with Gasteiger partial charge in [0.15, 0.2) is 5.96 Å². The molecule has 33 heavy (non-hydrogen) atoms. The minimum absolute atomic E-state index is 0. The van der Waals surface area contributed by atoms with Gasteiger partial charge >= 0.3 is 6.09 Å². The molecular weight excluding hydrogens is 537 g/mol. The lowest BCUT2D eigenvalue weighted by atomic mass is 10.2. The van der Waals surface area contributed by atoms with Crippen LogP contribution in [0, 0.1) is 0 Å². The fourth-order valence-electron chi connectivity index (χ4n) is 3.98. The van der Waals surface area contributed by atoms with Gasteiger partial charge in [0, 0.05) is 78.6 Å². The van der Waals surface area contributed by atoms with Gasteiger partial charge in [-0.3, -0.25) is 14.8 Å². The van der Waals surface area contributed by atoms with E-state index in [4.69, 9.17) is 9.26 Å². The highest BCUT2D eigenvalue weighted by molar-refractivity contribution is 14.0. The standard InChI is InChI=1S/C22H39N7O3.HI/c1-22(2,3)32-21(30)29-15-9-26(10-16-29)8-5-7-24-20(23-4)28-13-11-27(12-14-28)18-19-6-17-31-25-19;/h6,17H,5,7-16,18H2,1-4H3,(H,23,24);1H. The van der Waals surface area contributed by atoms with E-state index < -0.39 is 5.60 Å². The predicted octanol–water partition coefficient (Wildman–Crippen LogP) is 1.93. The first kappa shape index (κ1) is 27.6. The van der Waals surface area contributed by atoms with E-state index in [1.807, 2.05) is 38.8 Å². The number of aliphatic imine (C=N–C) groups is 1. The van der Waals surface area contributed by atoms with Crippen LogP contribution in [0.3, 0.4) is 0 Å². The highest BCUT2D eigenvalue weighted by atomic mass is 127. The van der Waals surface area contributed by atoms with Crippen molar-refractivity contribution in [3.05, 3.63) is 18.0 Å². The van der Waals surface area contributed by atoms with Crippen LogP contribution in [-0.4, -0.2) is 115 Å². The van der Waals surface area contributed by atoms with E-state index in [1.54, 1.807) is 6.26 Å². The molecule has 1 aromatic heterocycles. The number of aromatic nitrogens is 1. The second-order valence-corrected chi connectivity index (χ2v) is 9.39. The van der Waals surface area contributed by atoms with Crippen molar-refractivity contribution in [2.45, 2.75) is 39.3 Å². The van der Waals surface area contributed by atoms with E-state index in [9.17, 15) is 4.79 Å². The molecule has 1 N–H and O–H groups in total. The Bertz CT molecular complexity index is 723. The lowest BCUT2D eigenvalue weighted by molar-refractivity contribution is 0.0145. The first-order valence-electron chi connectivity index (χ1n) is 11.6. The highest BCUT2D eigenvalue weighted by Gasteiger charge is 2.25. The molecule has 2 aliphatic rings. The Balaban J connectivity index is 0.00000385. The Labute approximate surface area is 214 Å². The largest absolute Gasteiger partial charge is 0.444 e. The Kier molecular flexibility index (Phi) is 11.2. The smallest absolute Gasteiger partial charge is 0.410 e. The lowest BCUT2D eigenvalue weighted by Gasteiger charge is -2.36. The van der Waals surface area contributed by atoms with Gasteiger partial charge in [-0.15, -0.1) is 24.0 Å². The summed E-state index contributed by atoms with van der Waals surface area (Å²) in [6, 6.07) is 1.92. The maximum Gasteiger partial charge on any atom is 0.410 e. The maximum absolute atomic E-state index is 12.2. The van der Waals surface area contributed by atoms with Gasteiger partial charge in [0.2, 0.25) is 0 Å². The van der Waals surface area contributed by atoms with Crippen LogP contribution in [0.2, 0.25) is 0 Å². The first-order chi connectivity index (χ1) is 15.3. The number of hydrogen-bond donors (Lipinski definition) is 1. The molecule has 0 unspecified atom stereocenters. The molecule has 0 spiro atoms. The molecule has 0 radical (unpaired) electrons. The quantitative estimate of drug-likeness (QED) is 0.238. The summed E-state index contributed by atoms with van der Waals surface area (Å²) in [7, 11) is 1.85. The number of rotatable bonds is 6. The van der Waals surface area contributed by atoms with E-state index in [1.165, 1.54) is 0 Å². The van der Waals surface area contributed by atoms with Crippen LogP contribution in [0.25, 0.3) is 0 Å². The van der Waals surface area contributed by atoms with Gasteiger partial charge in [-0.1, -0.05) is 5.16 Å². The van der Waals surface area contributed by atoms with Crippen LogP contribution in [0.15, 0.2) is 21.8 Å². The fraction of sp³-hybridized carbons (Fsp3) is 0.773. The van der Waals surface area contributed by atoms with Gasteiger partial charge < -0.3 is 24.4 Å². The molecule has 3 heterocycles. The molecule has 2 saturated heterocycles. The topological polar surface area (TPSA) is 89.7 Å². The van der Waals surface area contributed by atoms with Crippen LogP contribution in [0.5, 0.6) is 0 Å². The Hall–Kier alpha value is -1.60. The number of halogens is 1. The summed E-state index contributed by atoms with van der Waals surface area (Å²) in [5.41, 5.74) is 0.537. The van der Waals surface area contributed by atoms with Gasteiger partial charge in [0.05, 0.1) is 5.69 Å². The molecule has 3 rings (SSSR count). The van der Waals surface area contributed by atoms with Gasteiger partial charge in [-0.25, -0.2) is 4.79 Å². The van der Waals surface area contributed by atoms with Crippen LogP contribution >= 0.6 is 24.0 Å². The zero-order chi connectivity index (χ0) is 23.0. The number of nitrogens with zero attached hydrogens (tertiary/aromatic N) is 6. The number of amides is 1. The molecule has 0 aliphatic carbocycles. The van der Waals surface area contributed by atoms with Crippen molar-refractivity contribution in [2.75, 3.05) is 72.5 Å². The number of ether oxygens (including phenoxy) is 1. The molecule has 2 aliphatic heterocycles. The second kappa shape index (κ2) is 13.3. The highest BCUT2D eigenvalue weighted by Crippen LogP contribution is 2.12. The molecule has 0 aromatic carbocycles. The summed E-state index contributed by atoms with van der Waals surface area (Å²) >= 11 is 0. The van der Waals surface area contributed by atoms with Crippen molar-refractivity contribution in [1.82, 2.24) is 30.1 Å². The molecule has 10 nitrogen and oxygen atoms in total. The molecule has 0 atom stereocenters. The predicted molar refractivity (Wildman–Crippen MR) is 139 cm³/mol. The average Bonchev–Trinajstić information content (AvgIpc) is 3.27. The molecule has 188 valence electrons. The summed E-state index contributed by atoms with van der Waals surface area (Å²) in [4.78, 5) is 25.6. The van der Waals surface area contributed by atoms with Crippen molar-refractivity contribution < 1.29 is 14.1 Å². The fourth-order valence-corrected chi connectivity index (χ4v) is 3.98. The molecule has 0 bridgehead atoms. The third kappa shape index (κ3) is 9.28. The normalized spacial score (nSPS) is 18.7. The van der Waals surface area contributed by atoms with E-state index in [2.05, 4.69) is 30.2 Å². The summed E-state index contributed by atoms with van der Waals surface area (Å²) in [5.74, 6) is 0.973. The Morgan fingerprint density at radius 3 is 2.30 bits per heavy atom. The van der Waals surface area contributed by atoms with Crippen molar-refractivity contribution >= 4 is 36.0 Å². The SMILES string of the molecule is CN=C(NCCCN1CCN(C(=O)OC(C)(C)C)CC1)N1CCN(Cc2ccon2)CC1.I. The minimum Gasteiger partial charge on any atom is -0.444 e. The van der Waals surface area contributed by atoms with Crippen LogP contribution < -0.4 is 5.32 Å². The van der Waals surface area contributed by atoms with Crippen molar-refractivity contribution in [2.24, 2.45) is 4.99 Å². The van der Waals surface area contributed by atoms with Gasteiger partial charge in [-0.05, 0) is 33.7 Å². The number of nitrogens with one attached hydrogen (secondary N) is 1. The summed E-state index contributed by atoms with van der Waals surface area (Å²) < 4.78 is 10.4. The minimum atomic E-state index is -0.442. The van der Waals surface area contributed by atoms with Gasteiger partial charge in [-0.2, -0.15) is 0 Å². The number of guanidine groups is 1. The average molecular weight is 578 g/mol. The van der Waals surface area contributed by atoms with Crippen molar-refractivity contribution in [3.63, 3.8) is 0 Å². The third-order valence-electron chi connectivity index (χ3n) is 5.72. The van der Waals surface area contributed by atoms with E-state index in [-0.39, 0.29) is 30.1 Å². The maximum atomic E-state index is 12.2. The van der Waals surface area contributed by atoms with E-state index in [0.717, 1.165) is 90.1 Å². The van der Waals surface area contributed by atoms with Gasteiger partial charge in [0.25, 0.3) is 0 Å². The van der Waals surface area contributed by atoms with Crippen LogP contribution in [-0.2, 0) is 11.3 Å². The molecular formula is C22H40IN7O3. The zero-order valence-corrected chi connectivity index (χ0v) is 22.8. The number of carbonyl (C=O) groups is 1. The monoisotopic (exact) mass is 577 g/mol. The first-order valence-corrected chi connectivity index (χ1v) is 11.6. The summed E-state index contributed by atoms with van der Waals surface area (Å²) in [5, 5.41) is 7.51. The van der Waals surface area contributed by atoms with E-state index >= 15 is 0 Å². The van der Waals surface area contributed by atoms with E-state index in [0.29, 0.717) is 0 Å². The molecule has 0 saturated carbocycles. The van der Waals surface area contributed by atoms with Crippen molar-refractivity contribution in [3.8, 4) is 0 Å². The third-order valence-corrected chi connectivity index (χ3v) is 5.72. The molecule has 2 fully saturated rings. The van der Waals surface area contributed by atoms with Crippen LogP contribution in [0.1, 0.15) is 32.9 Å². The summed E-state index contributed by atoms with van der Waals surface area (Å²) in [6.45, 7) is 15.5. The number of hydrogen-bond acceptors (Lipinski definition) is 7. The van der Waals surface area contributed by atoms with Crippen LogP contribution in [0.4, 0.5) is 4.79 Å². The zero-order valence-electron chi connectivity index (χ0n) is 20.5. The lowest BCUT2D eigenvalue weighted by Crippen LogP contribution is -2.52. The number of piperazine rings is 2. The molecule has 1 amide bonds. The molecule has 1 aromatic rings. The van der Waals surface area contributed by atoms with Crippen molar-refractivity contribution in [1.29, 1.82) is 0 Å². The Morgan fingerprint density at radius 2 is 1.73 bits per heavy atom. The summed E-state index contributed by atoms with van der Waals surface area (Å²) in [6.07, 6.45) is 2.46. The van der Waals surface area contributed by atoms with Gasteiger partial charge in [0.1, 0.15) is 11.9 Å². The Morgan fingerprint density at radius 1 is 1.09 bits per heavy atom. The number of carbonyl (C=O) groups excluding carboxylic acids is 1. The second-order valence-electron chi connectivity index (χ2n) is 9.39.